The van der Waals surface area contributed by atoms with Crippen molar-refractivity contribution < 1.29 is 4.79 Å². The first kappa shape index (κ1) is 16.7. The van der Waals surface area contributed by atoms with Gasteiger partial charge in [0.15, 0.2) is 0 Å². The lowest BCUT2D eigenvalue weighted by atomic mass is 10.1. The van der Waals surface area contributed by atoms with Gasteiger partial charge in [0, 0.05) is 12.1 Å². The molecular formula is C15H21Br2NO. The molecule has 1 amide bonds. The fraction of sp³-hybridized carbons (Fsp3) is 0.533. The molecule has 0 aromatic rings. The average molecular weight is 391 g/mol. The minimum absolute atomic E-state index is 0.0266. The summed E-state index contributed by atoms with van der Waals surface area (Å²) in [5.74, 6) is 1.65. The van der Waals surface area contributed by atoms with Crippen LogP contribution in [0.3, 0.4) is 0 Å². The van der Waals surface area contributed by atoms with Crippen molar-refractivity contribution in [3.63, 3.8) is 0 Å². The summed E-state index contributed by atoms with van der Waals surface area (Å²) in [6, 6.07) is 0.204. The van der Waals surface area contributed by atoms with Crippen molar-refractivity contribution in [2.45, 2.75) is 33.2 Å². The van der Waals surface area contributed by atoms with Crippen molar-refractivity contribution in [2.24, 2.45) is 17.8 Å². The zero-order valence-corrected chi connectivity index (χ0v) is 14.7. The van der Waals surface area contributed by atoms with Crippen molar-refractivity contribution in [2.75, 3.05) is 0 Å². The van der Waals surface area contributed by atoms with Crippen LogP contribution in [0.15, 0.2) is 33.8 Å². The van der Waals surface area contributed by atoms with Gasteiger partial charge in [-0.25, -0.2) is 0 Å². The molecule has 19 heavy (non-hydrogen) atoms. The minimum Gasteiger partial charge on any atom is -0.350 e. The lowest BCUT2D eigenvalue weighted by Crippen LogP contribution is -2.34. The summed E-state index contributed by atoms with van der Waals surface area (Å²) >= 11 is 6.73. The molecule has 1 N–H and O–H groups in total. The lowest BCUT2D eigenvalue weighted by molar-refractivity contribution is -0.117. The smallest absolute Gasteiger partial charge is 0.244 e. The Balaban J connectivity index is 2.27. The van der Waals surface area contributed by atoms with Crippen LogP contribution in [0, 0.1) is 17.8 Å². The zero-order valence-electron chi connectivity index (χ0n) is 11.6. The topological polar surface area (TPSA) is 29.1 Å². The molecule has 1 rings (SSSR count). The fourth-order valence-corrected chi connectivity index (χ4v) is 2.28. The monoisotopic (exact) mass is 389 g/mol. The molecule has 4 heteroatoms. The van der Waals surface area contributed by atoms with Crippen LogP contribution in [0.5, 0.6) is 0 Å². The first-order valence-corrected chi connectivity index (χ1v) is 8.17. The van der Waals surface area contributed by atoms with Crippen LogP contribution in [0.4, 0.5) is 0 Å². The molecule has 1 saturated carbocycles. The first-order valence-electron chi connectivity index (χ1n) is 6.58. The van der Waals surface area contributed by atoms with Gasteiger partial charge in [0.25, 0.3) is 0 Å². The number of nitrogens with one attached hydrogen (secondary N) is 1. The summed E-state index contributed by atoms with van der Waals surface area (Å²) in [6.45, 7) is 6.21. The number of rotatable bonds is 6. The Kier molecular flexibility index (Phi) is 7.08. The SMILES string of the molecule is CC(C)C(C)NC(=O)C=CC=CC1CC1C=C(Br)Br. The van der Waals surface area contributed by atoms with Crippen LogP contribution in [-0.2, 0) is 4.79 Å². The molecule has 1 aliphatic carbocycles. The van der Waals surface area contributed by atoms with Gasteiger partial charge in [0.2, 0.25) is 5.91 Å². The highest BCUT2D eigenvalue weighted by Crippen LogP contribution is 2.42. The Bertz CT molecular complexity index is 395. The van der Waals surface area contributed by atoms with E-state index in [2.05, 4.69) is 63.2 Å². The zero-order chi connectivity index (χ0) is 14.4. The van der Waals surface area contributed by atoms with Gasteiger partial charge in [-0.05, 0) is 63.0 Å². The number of amides is 1. The largest absolute Gasteiger partial charge is 0.350 e. The van der Waals surface area contributed by atoms with Gasteiger partial charge in [-0.15, -0.1) is 0 Å². The molecule has 1 fully saturated rings. The molecule has 1 aliphatic rings. The van der Waals surface area contributed by atoms with E-state index in [0.29, 0.717) is 17.8 Å². The molecular weight excluding hydrogens is 370 g/mol. The molecule has 0 radical (unpaired) electrons. The number of carbonyl (C=O) groups is 1. The third-order valence-corrected chi connectivity index (χ3v) is 3.85. The van der Waals surface area contributed by atoms with Crippen molar-refractivity contribution in [1.29, 1.82) is 0 Å². The Labute approximate surface area is 132 Å². The Morgan fingerprint density at radius 3 is 2.47 bits per heavy atom. The van der Waals surface area contributed by atoms with Crippen molar-refractivity contribution in [1.82, 2.24) is 5.32 Å². The molecule has 3 unspecified atom stereocenters. The Morgan fingerprint density at radius 1 is 1.21 bits per heavy atom. The maximum absolute atomic E-state index is 11.6. The second kappa shape index (κ2) is 8.05. The summed E-state index contributed by atoms with van der Waals surface area (Å²) in [5.41, 5.74) is 0. The van der Waals surface area contributed by atoms with E-state index in [1.807, 2.05) is 19.1 Å². The van der Waals surface area contributed by atoms with Crippen LogP contribution in [0.2, 0.25) is 0 Å². The van der Waals surface area contributed by atoms with E-state index in [-0.39, 0.29) is 11.9 Å². The van der Waals surface area contributed by atoms with Gasteiger partial charge < -0.3 is 5.32 Å². The van der Waals surface area contributed by atoms with E-state index in [1.165, 1.54) is 6.42 Å². The van der Waals surface area contributed by atoms with E-state index in [1.54, 1.807) is 6.08 Å². The summed E-state index contributed by atoms with van der Waals surface area (Å²) < 4.78 is 1.01. The predicted octanol–water partition coefficient (Wildman–Crippen LogP) is 4.53. The molecule has 3 atom stereocenters. The Morgan fingerprint density at radius 2 is 1.89 bits per heavy atom. The Hall–Kier alpha value is -0.350. The maximum Gasteiger partial charge on any atom is 0.244 e. The summed E-state index contributed by atoms with van der Waals surface area (Å²) in [5, 5.41) is 2.94. The van der Waals surface area contributed by atoms with Crippen LogP contribution in [0.1, 0.15) is 27.2 Å². The van der Waals surface area contributed by atoms with Crippen molar-refractivity contribution in [3.8, 4) is 0 Å². The van der Waals surface area contributed by atoms with Gasteiger partial charge in [0.05, 0.1) is 3.39 Å². The highest BCUT2D eigenvalue weighted by atomic mass is 79.9. The third-order valence-electron chi connectivity index (χ3n) is 3.32. The third kappa shape index (κ3) is 7.11. The van der Waals surface area contributed by atoms with Crippen molar-refractivity contribution >= 4 is 37.8 Å². The highest BCUT2D eigenvalue weighted by Gasteiger charge is 2.32. The van der Waals surface area contributed by atoms with E-state index in [9.17, 15) is 4.79 Å². The summed E-state index contributed by atoms with van der Waals surface area (Å²) in [6.07, 6.45) is 10.9. The van der Waals surface area contributed by atoms with Crippen LogP contribution in [-0.4, -0.2) is 11.9 Å². The molecule has 0 aromatic heterocycles. The van der Waals surface area contributed by atoms with E-state index < -0.39 is 0 Å². The molecule has 0 aromatic carbocycles. The first-order chi connectivity index (χ1) is 8.90. The van der Waals surface area contributed by atoms with Crippen LogP contribution >= 0.6 is 31.9 Å². The van der Waals surface area contributed by atoms with Crippen LogP contribution in [0.25, 0.3) is 0 Å². The van der Waals surface area contributed by atoms with E-state index >= 15 is 0 Å². The molecule has 106 valence electrons. The molecule has 0 aliphatic heterocycles. The standard InChI is InChI=1S/C15H21Br2NO/c1-10(2)11(3)18-15(19)7-5-4-6-12-8-13(12)9-14(16)17/h4-7,9-13H,8H2,1-3H3,(H,18,19). The average Bonchev–Trinajstić information content (AvgIpc) is 3.01. The molecule has 0 heterocycles. The number of hydrogen-bond acceptors (Lipinski definition) is 1. The van der Waals surface area contributed by atoms with E-state index in [0.717, 1.165) is 3.39 Å². The van der Waals surface area contributed by atoms with Gasteiger partial charge in [-0.2, -0.15) is 0 Å². The number of hydrogen-bond donors (Lipinski definition) is 1. The second-order valence-electron chi connectivity index (χ2n) is 5.31. The van der Waals surface area contributed by atoms with Crippen molar-refractivity contribution in [3.05, 3.63) is 33.8 Å². The molecule has 0 saturated heterocycles. The van der Waals surface area contributed by atoms with Gasteiger partial charge in [-0.1, -0.05) is 38.2 Å². The number of allylic oxidation sites excluding steroid dienone is 4. The van der Waals surface area contributed by atoms with Gasteiger partial charge >= 0.3 is 0 Å². The quantitative estimate of drug-likeness (QED) is 0.524. The van der Waals surface area contributed by atoms with Crippen LogP contribution < -0.4 is 5.32 Å². The normalized spacial score (nSPS) is 23.9. The highest BCUT2D eigenvalue weighted by molar-refractivity contribution is 9.28. The van der Waals surface area contributed by atoms with E-state index in [4.69, 9.17) is 0 Å². The van der Waals surface area contributed by atoms with Gasteiger partial charge in [-0.3, -0.25) is 4.79 Å². The molecule has 0 spiro atoms. The molecule has 2 nitrogen and oxygen atoms in total. The fourth-order valence-electron chi connectivity index (χ4n) is 1.60. The number of carbonyl (C=O) groups excluding carboxylic acids is 1. The molecule has 0 bridgehead atoms. The maximum atomic E-state index is 11.6. The predicted molar refractivity (Wildman–Crippen MR) is 88.3 cm³/mol. The minimum atomic E-state index is -0.0266. The summed E-state index contributed by atoms with van der Waals surface area (Å²) in [7, 11) is 0. The van der Waals surface area contributed by atoms with Gasteiger partial charge in [0.1, 0.15) is 0 Å². The second-order valence-corrected chi connectivity index (χ2v) is 8.08. The lowest BCUT2D eigenvalue weighted by Gasteiger charge is -2.15. The number of halogens is 2. The summed E-state index contributed by atoms with van der Waals surface area (Å²) in [4.78, 5) is 11.6.